The fraction of sp³-hybridized carbons (Fsp3) is 0.533. The van der Waals surface area contributed by atoms with E-state index in [1.54, 1.807) is 6.92 Å². The van der Waals surface area contributed by atoms with Gasteiger partial charge in [-0.2, -0.15) is 4.31 Å². The van der Waals surface area contributed by atoms with E-state index in [0.29, 0.717) is 31.6 Å². The number of aliphatic carboxylic acids is 1. The van der Waals surface area contributed by atoms with E-state index in [9.17, 15) is 23.3 Å². The molecule has 0 aliphatic carbocycles. The molecule has 2 rings (SSSR count). The standard InChI is InChI=1S/C15H21N3O6S/c1-12-4-5-13(18(21)22)11-14(12)25(23,24)17-9-7-16(8-10-17)6-2-3-15(19)20/h4-5,11H,2-3,6-10H2,1H3,(H,19,20). The largest absolute Gasteiger partial charge is 0.481 e. The Morgan fingerprint density at radius 2 is 1.92 bits per heavy atom. The van der Waals surface area contributed by atoms with Crippen LogP contribution in [0.1, 0.15) is 18.4 Å². The zero-order valence-electron chi connectivity index (χ0n) is 13.9. The summed E-state index contributed by atoms with van der Waals surface area (Å²) in [6.07, 6.45) is 0.609. The lowest BCUT2D eigenvalue weighted by Crippen LogP contribution is -2.48. The monoisotopic (exact) mass is 371 g/mol. The maximum absolute atomic E-state index is 12.8. The first-order valence-electron chi connectivity index (χ1n) is 7.91. The number of rotatable bonds is 7. The molecule has 0 radical (unpaired) electrons. The third kappa shape index (κ3) is 4.74. The van der Waals surface area contributed by atoms with E-state index in [2.05, 4.69) is 0 Å². The highest BCUT2D eigenvalue weighted by atomic mass is 32.2. The number of non-ortho nitro benzene ring substituents is 1. The Balaban J connectivity index is 2.06. The van der Waals surface area contributed by atoms with Crippen LogP contribution in [0.3, 0.4) is 0 Å². The minimum atomic E-state index is -3.80. The molecule has 0 amide bonds. The third-order valence-corrected chi connectivity index (χ3v) is 6.24. The summed E-state index contributed by atoms with van der Waals surface area (Å²) in [7, 11) is -3.80. The Labute approximate surface area is 146 Å². The van der Waals surface area contributed by atoms with E-state index < -0.39 is 20.9 Å². The van der Waals surface area contributed by atoms with E-state index in [1.807, 2.05) is 4.90 Å². The van der Waals surface area contributed by atoms with Gasteiger partial charge in [-0.3, -0.25) is 14.9 Å². The van der Waals surface area contributed by atoms with Crippen LogP contribution >= 0.6 is 0 Å². The van der Waals surface area contributed by atoms with Crippen LogP contribution in [0.2, 0.25) is 0 Å². The lowest BCUT2D eigenvalue weighted by atomic mass is 10.2. The first kappa shape index (κ1) is 19.3. The van der Waals surface area contributed by atoms with E-state index in [4.69, 9.17) is 5.11 Å². The zero-order chi connectivity index (χ0) is 18.6. The molecule has 0 unspecified atom stereocenters. The van der Waals surface area contributed by atoms with Crippen LogP contribution in [0.4, 0.5) is 5.69 Å². The fourth-order valence-electron chi connectivity index (χ4n) is 2.77. The molecule has 1 heterocycles. The van der Waals surface area contributed by atoms with Gasteiger partial charge in [0.2, 0.25) is 10.0 Å². The first-order valence-corrected chi connectivity index (χ1v) is 9.35. The summed E-state index contributed by atoms with van der Waals surface area (Å²) in [4.78, 5) is 22.8. The molecule has 138 valence electrons. The van der Waals surface area contributed by atoms with Crippen molar-refractivity contribution in [2.45, 2.75) is 24.7 Å². The van der Waals surface area contributed by atoms with Crippen LogP contribution in [0.5, 0.6) is 0 Å². The molecule has 1 aromatic carbocycles. The normalized spacial score (nSPS) is 16.7. The predicted octanol–water partition coefficient (Wildman–Crippen LogP) is 1.07. The van der Waals surface area contributed by atoms with E-state index >= 15 is 0 Å². The van der Waals surface area contributed by atoms with Crippen LogP contribution in [0.15, 0.2) is 23.1 Å². The Hall–Kier alpha value is -2.04. The second kappa shape index (κ2) is 7.89. The molecule has 1 aliphatic rings. The highest BCUT2D eigenvalue weighted by Crippen LogP contribution is 2.25. The summed E-state index contributed by atoms with van der Waals surface area (Å²) < 4.78 is 26.9. The lowest BCUT2D eigenvalue weighted by molar-refractivity contribution is -0.385. The third-order valence-electron chi connectivity index (χ3n) is 4.20. The average Bonchev–Trinajstić information content (AvgIpc) is 2.55. The van der Waals surface area contributed by atoms with Gasteiger partial charge in [-0.25, -0.2) is 8.42 Å². The van der Waals surface area contributed by atoms with Crippen molar-refractivity contribution in [3.63, 3.8) is 0 Å². The van der Waals surface area contributed by atoms with Crippen molar-refractivity contribution >= 4 is 21.7 Å². The SMILES string of the molecule is Cc1ccc([N+](=O)[O-])cc1S(=O)(=O)N1CCN(CCCC(=O)O)CC1. The Bertz CT molecular complexity index is 757. The molecule has 0 atom stereocenters. The van der Waals surface area contributed by atoms with Crippen molar-refractivity contribution in [3.05, 3.63) is 33.9 Å². The molecule has 1 aromatic rings. The molecular weight excluding hydrogens is 350 g/mol. The second-order valence-corrected chi connectivity index (χ2v) is 7.86. The van der Waals surface area contributed by atoms with Crippen molar-refractivity contribution in [1.29, 1.82) is 0 Å². The van der Waals surface area contributed by atoms with Gasteiger partial charge >= 0.3 is 5.97 Å². The number of piperazine rings is 1. The van der Waals surface area contributed by atoms with E-state index in [-0.39, 0.29) is 30.1 Å². The molecule has 0 bridgehead atoms. The zero-order valence-corrected chi connectivity index (χ0v) is 14.7. The van der Waals surface area contributed by atoms with Crippen molar-refractivity contribution < 1.29 is 23.2 Å². The van der Waals surface area contributed by atoms with Gasteiger partial charge in [-0.1, -0.05) is 6.07 Å². The second-order valence-electron chi connectivity index (χ2n) is 5.95. The summed E-state index contributed by atoms with van der Waals surface area (Å²) in [5.41, 5.74) is 0.214. The Kier molecular flexibility index (Phi) is 6.09. The van der Waals surface area contributed by atoms with Gasteiger partial charge in [0.1, 0.15) is 0 Å². The molecule has 0 saturated carbocycles. The predicted molar refractivity (Wildman–Crippen MR) is 89.9 cm³/mol. The van der Waals surface area contributed by atoms with Gasteiger partial charge in [-0.05, 0) is 25.5 Å². The number of carboxylic acid groups (broad SMARTS) is 1. The number of nitro groups is 1. The summed E-state index contributed by atoms with van der Waals surface area (Å²) in [6, 6.07) is 3.83. The molecule has 1 N–H and O–H groups in total. The van der Waals surface area contributed by atoms with Gasteiger partial charge in [0, 0.05) is 44.7 Å². The molecule has 1 aliphatic heterocycles. The molecule has 1 saturated heterocycles. The van der Waals surface area contributed by atoms with Crippen LogP contribution in [-0.2, 0) is 14.8 Å². The highest BCUT2D eigenvalue weighted by Gasteiger charge is 2.30. The number of carbonyl (C=O) groups is 1. The van der Waals surface area contributed by atoms with Crippen molar-refractivity contribution in [1.82, 2.24) is 9.21 Å². The lowest BCUT2D eigenvalue weighted by Gasteiger charge is -2.34. The number of benzene rings is 1. The van der Waals surface area contributed by atoms with Crippen molar-refractivity contribution in [3.8, 4) is 0 Å². The van der Waals surface area contributed by atoms with Crippen LogP contribution in [0.25, 0.3) is 0 Å². The number of aryl methyl sites for hydroxylation is 1. The molecule has 0 spiro atoms. The Morgan fingerprint density at radius 3 is 2.48 bits per heavy atom. The smallest absolute Gasteiger partial charge is 0.303 e. The molecule has 25 heavy (non-hydrogen) atoms. The highest BCUT2D eigenvalue weighted by molar-refractivity contribution is 7.89. The quantitative estimate of drug-likeness (QED) is 0.562. The van der Waals surface area contributed by atoms with Crippen molar-refractivity contribution in [2.75, 3.05) is 32.7 Å². The van der Waals surface area contributed by atoms with Gasteiger partial charge in [0.25, 0.3) is 5.69 Å². The minimum absolute atomic E-state index is 0.0407. The number of hydrogen-bond acceptors (Lipinski definition) is 6. The van der Waals surface area contributed by atoms with Gasteiger partial charge < -0.3 is 10.0 Å². The maximum Gasteiger partial charge on any atom is 0.303 e. The first-order chi connectivity index (χ1) is 11.7. The van der Waals surface area contributed by atoms with Crippen LogP contribution in [-0.4, -0.2) is 66.3 Å². The average molecular weight is 371 g/mol. The number of hydrogen-bond donors (Lipinski definition) is 1. The summed E-state index contributed by atoms with van der Waals surface area (Å²) in [6.45, 7) is 3.78. The van der Waals surface area contributed by atoms with Crippen LogP contribution in [0, 0.1) is 17.0 Å². The molecule has 1 fully saturated rings. The Morgan fingerprint density at radius 1 is 1.28 bits per heavy atom. The summed E-state index contributed by atoms with van der Waals surface area (Å²) in [5.74, 6) is -0.845. The number of nitrogens with zero attached hydrogens (tertiary/aromatic N) is 3. The van der Waals surface area contributed by atoms with Gasteiger partial charge in [0.15, 0.2) is 0 Å². The summed E-state index contributed by atoms with van der Waals surface area (Å²) in [5, 5.41) is 19.6. The van der Waals surface area contributed by atoms with Crippen LogP contribution < -0.4 is 0 Å². The molecule has 0 aromatic heterocycles. The van der Waals surface area contributed by atoms with Gasteiger partial charge in [0.05, 0.1) is 9.82 Å². The van der Waals surface area contributed by atoms with Crippen molar-refractivity contribution in [2.24, 2.45) is 0 Å². The van der Waals surface area contributed by atoms with E-state index in [0.717, 1.165) is 6.07 Å². The number of sulfonamides is 1. The molecular formula is C15H21N3O6S. The minimum Gasteiger partial charge on any atom is -0.481 e. The molecule has 9 nitrogen and oxygen atoms in total. The van der Waals surface area contributed by atoms with Gasteiger partial charge in [-0.15, -0.1) is 0 Å². The number of nitro benzene ring substituents is 1. The summed E-state index contributed by atoms with van der Waals surface area (Å²) >= 11 is 0. The molecule has 10 heteroatoms. The number of carboxylic acids is 1. The van der Waals surface area contributed by atoms with E-state index in [1.165, 1.54) is 16.4 Å². The topological polar surface area (TPSA) is 121 Å². The fourth-order valence-corrected chi connectivity index (χ4v) is 4.43. The maximum atomic E-state index is 12.8.